The summed E-state index contributed by atoms with van der Waals surface area (Å²) in [6, 6.07) is 8.14. The molecule has 0 radical (unpaired) electrons. The van der Waals surface area contributed by atoms with Crippen molar-refractivity contribution in [3.8, 4) is 5.82 Å². The number of carbonyl (C=O) groups is 2. The largest absolute Gasteiger partial charge is 0.355 e. The van der Waals surface area contributed by atoms with Crippen molar-refractivity contribution in [2.24, 2.45) is 0 Å². The van der Waals surface area contributed by atoms with E-state index in [2.05, 4.69) is 31.0 Å². The monoisotopic (exact) mass is 540 g/mol. The standard InChI is InChI=1S/C25H26Cl2N8O2/c1-14-9-15(26)10-17(23(36)28-5)21(14)30-24(37)19-11-16(12-34-13-20(31-33-34)25(2,3)4)32-35(19)22-18(27)7-6-8-29-22/h6-11,13H,12H2,1-5H3,(H,28,36)(H,30,37). The Bertz CT molecular complexity index is 1490. The van der Waals surface area contributed by atoms with Gasteiger partial charge in [0, 0.05) is 29.9 Å². The zero-order valence-electron chi connectivity index (χ0n) is 21.0. The Labute approximate surface area is 224 Å². The molecule has 3 heterocycles. The predicted molar refractivity (Wildman–Crippen MR) is 142 cm³/mol. The number of carbonyl (C=O) groups excluding carboxylic acids is 2. The van der Waals surface area contributed by atoms with Crippen molar-refractivity contribution < 1.29 is 9.59 Å². The summed E-state index contributed by atoms with van der Waals surface area (Å²) in [5.74, 6) is -0.609. The Balaban J connectivity index is 1.75. The molecule has 0 aliphatic rings. The molecule has 0 fully saturated rings. The number of hydrogen-bond acceptors (Lipinski definition) is 6. The van der Waals surface area contributed by atoms with Gasteiger partial charge in [-0.05, 0) is 42.8 Å². The van der Waals surface area contributed by atoms with Gasteiger partial charge in [0.15, 0.2) is 5.82 Å². The molecule has 3 aromatic heterocycles. The molecule has 0 bridgehead atoms. The second-order valence-corrected chi connectivity index (χ2v) is 10.3. The summed E-state index contributed by atoms with van der Waals surface area (Å²) < 4.78 is 3.03. The molecular weight excluding hydrogens is 515 g/mol. The number of rotatable bonds is 6. The lowest BCUT2D eigenvalue weighted by Crippen LogP contribution is -2.23. The lowest BCUT2D eigenvalue weighted by Gasteiger charge is -2.14. The Kier molecular flexibility index (Phi) is 7.33. The molecular formula is C25H26Cl2N8O2. The van der Waals surface area contributed by atoms with Crippen molar-refractivity contribution in [1.29, 1.82) is 0 Å². The van der Waals surface area contributed by atoms with Crippen LogP contribution in [0.25, 0.3) is 5.82 Å². The van der Waals surface area contributed by atoms with Crippen LogP contribution >= 0.6 is 23.2 Å². The fraction of sp³-hybridized carbons (Fsp3) is 0.280. The third-order valence-corrected chi connectivity index (χ3v) is 6.09. The molecule has 2 N–H and O–H groups in total. The molecule has 10 nitrogen and oxygen atoms in total. The van der Waals surface area contributed by atoms with Crippen LogP contribution in [0.5, 0.6) is 0 Å². The van der Waals surface area contributed by atoms with E-state index in [1.54, 1.807) is 42.1 Å². The maximum Gasteiger partial charge on any atom is 0.274 e. The highest BCUT2D eigenvalue weighted by Gasteiger charge is 2.23. The maximum absolute atomic E-state index is 13.6. The van der Waals surface area contributed by atoms with Gasteiger partial charge in [-0.15, -0.1) is 5.10 Å². The Hall–Kier alpha value is -3.76. The maximum atomic E-state index is 13.6. The zero-order chi connectivity index (χ0) is 26.9. The molecule has 0 atom stereocenters. The van der Waals surface area contributed by atoms with E-state index in [-0.39, 0.29) is 34.9 Å². The van der Waals surface area contributed by atoms with E-state index < -0.39 is 5.91 Å². The predicted octanol–water partition coefficient (Wildman–Crippen LogP) is 4.43. The highest BCUT2D eigenvalue weighted by molar-refractivity contribution is 6.32. The van der Waals surface area contributed by atoms with Crippen molar-refractivity contribution in [2.45, 2.75) is 39.7 Å². The van der Waals surface area contributed by atoms with Gasteiger partial charge in [-0.25, -0.2) is 14.3 Å². The Morgan fingerprint density at radius 2 is 1.86 bits per heavy atom. The molecule has 1 aromatic carbocycles. The zero-order valence-corrected chi connectivity index (χ0v) is 22.5. The summed E-state index contributed by atoms with van der Waals surface area (Å²) in [6.45, 7) is 8.17. The topological polar surface area (TPSA) is 120 Å². The number of halogens is 2. The minimum absolute atomic E-state index is 0.164. The number of aromatic nitrogens is 6. The number of anilines is 1. The summed E-state index contributed by atoms with van der Waals surface area (Å²) in [6.07, 6.45) is 3.41. The molecule has 0 saturated carbocycles. The van der Waals surface area contributed by atoms with E-state index in [9.17, 15) is 9.59 Å². The average Bonchev–Trinajstić information content (AvgIpc) is 3.48. The second kappa shape index (κ2) is 10.3. The minimum atomic E-state index is -0.509. The van der Waals surface area contributed by atoms with E-state index in [0.717, 1.165) is 5.69 Å². The van der Waals surface area contributed by atoms with Gasteiger partial charge in [0.2, 0.25) is 0 Å². The van der Waals surface area contributed by atoms with Crippen LogP contribution in [0.1, 0.15) is 58.6 Å². The average molecular weight is 541 g/mol. The van der Waals surface area contributed by atoms with Crippen LogP contribution < -0.4 is 10.6 Å². The van der Waals surface area contributed by atoms with Crippen molar-refractivity contribution >= 4 is 40.7 Å². The van der Waals surface area contributed by atoms with Gasteiger partial charge in [0.05, 0.1) is 34.2 Å². The smallest absolute Gasteiger partial charge is 0.274 e. The van der Waals surface area contributed by atoms with Gasteiger partial charge in [-0.2, -0.15) is 5.10 Å². The van der Waals surface area contributed by atoms with E-state index in [0.29, 0.717) is 27.0 Å². The van der Waals surface area contributed by atoms with Gasteiger partial charge < -0.3 is 10.6 Å². The lowest BCUT2D eigenvalue weighted by atomic mass is 9.93. The van der Waals surface area contributed by atoms with Gasteiger partial charge in [-0.3, -0.25) is 9.59 Å². The van der Waals surface area contributed by atoms with Crippen molar-refractivity contribution in [1.82, 2.24) is 35.1 Å². The summed E-state index contributed by atoms with van der Waals surface area (Å²) in [5, 5.41) is 19.1. The summed E-state index contributed by atoms with van der Waals surface area (Å²) in [5.41, 5.74) is 2.57. The first kappa shape index (κ1) is 26.3. The highest BCUT2D eigenvalue weighted by atomic mass is 35.5. The lowest BCUT2D eigenvalue weighted by molar-refractivity contribution is 0.0964. The fourth-order valence-electron chi connectivity index (χ4n) is 3.65. The number of amides is 2. The molecule has 12 heteroatoms. The minimum Gasteiger partial charge on any atom is -0.355 e. The van der Waals surface area contributed by atoms with Gasteiger partial charge >= 0.3 is 0 Å². The molecule has 0 aliphatic heterocycles. The molecule has 37 heavy (non-hydrogen) atoms. The van der Waals surface area contributed by atoms with Gasteiger partial charge in [0.25, 0.3) is 11.8 Å². The first-order valence-corrected chi connectivity index (χ1v) is 12.2. The number of nitrogens with one attached hydrogen (secondary N) is 2. The molecule has 192 valence electrons. The number of pyridine rings is 1. The number of aryl methyl sites for hydroxylation is 1. The quantitative estimate of drug-likeness (QED) is 0.373. The van der Waals surface area contributed by atoms with Crippen LogP contribution in [0.2, 0.25) is 10.0 Å². The number of benzene rings is 1. The highest BCUT2D eigenvalue weighted by Crippen LogP contribution is 2.27. The molecule has 4 aromatic rings. The number of nitrogens with zero attached hydrogens (tertiary/aromatic N) is 6. The van der Waals surface area contributed by atoms with Gasteiger partial charge in [0.1, 0.15) is 5.69 Å². The SMILES string of the molecule is CNC(=O)c1cc(Cl)cc(C)c1NC(=O)c1cc(Cn2cc(C(C)(C)C)nn2)nn1-c1ncccc1Cl. The number of hydrogen-bond donors (Lipinski definition) is 2. The Morgan fingerprint density at radius 1 is 1.11 bits per heavy atom. The normalized spacial score (nSPS) is 11.4. The Morgan fingerprint density at radius 3 is 2.51 bits per heavy atom. The van der Waals surface area contributed by atoms with Crippen LogP contribution in [-0.2, 0) is 12.0 Å². The first-order valence-electron chi connectivity index (χ1n) is 11.4. The fourth-order valence-corrected chi connectivity index (χ4v) is 4.12. The van der Waals surface area contributed by atoms with Gasteiger partial charge in [-0.1, -0.05) is 49.2 Å². The summed E-state index contributed by atoms with van der Waals surface area (Å²) in [7, 11) is 1.50. The molecule has 0 saturated heterocycles. The summed E-state index contributed by atoms with van der Waals surface area (Å²) in [4.78, 5) is 30.4. The molecule has 4 rings (SSSR count). The third-order valence-electron chi connectivity index (χ3n) is 5.57. The molecule has 0 spiro atoms. The molecule has 2 amide bonds. The molecule has 0 aliphatic carbocycles. The van der Waals surface area contributed by atoms with E-state index in [1.165, 1.54) is 17.8 Å². The van der Waals surface area contributed by atoms with E-state index in [1.807, 2.05) is 27.0 Å². The van der Waals surface area contributed by atoms with Crippen LogP contribution in [0.3, 0.4) is 0 Å². The summed E-state index contributed by atoms with van der Waals surface area (Å²) >= 11 is 12.6. The van der Waals surface area contributed by atoms with Crippen LogP contribution in [0.4, 0.5) is 5.69 Å². The van der Waals surface area contributed by atoms with E-state index >= 15 is 0 Å². The van der Waals surface area contributed by atoms with Crippen LogP contribution in [0.15, 0.2) is 42.7 Å². The van der Waals surface area contributed by atoms with Crippen molar-refractivity contribution in [3.05, 3.63) is 81.0 Å². The second-order valence-electron chi connectivity index (χ2n) is 9.47. The van der Waals surface area contributed by atoms with Crippen LogP contribution in [-0.4, -0.2) is 48.6 Å². The van der Waals surface area contributed by atoms with Crippen molar-refractivity contribution in [3.63, 3.8) is 0 Å². The first-order chi connectivity index (χ1) is 17.5. The van der Waals surface area contributed by atoms with E-state index in [4.69, 9.17) is 23.2 Å². The molecule has 0 unspecified atom stereocenters. The van der Waals surface area contributed by atoms with Crippen molar-refractivity contribution in [2.75, 3.05) is 12.4 Å². The van der Waals surface area contributed by atoms with Crippen LogP contribution in [0, 0.1) is 6.92 Å². The third kappa shape index (κ3) is 5.65.